The minimum atomic E-state index is -0.865. The predicted molar refractivity (Wildman–Crippen MR) is 70.1 cm³/mol. The molecule has 0 saturated carbocycles. The topological polar surface area (TPSA) is 55.4 Å². The highest BCUT2D eigenvalue weighted by Crippen LogP contribution is 2.15. The van der Waals surface area contributed by atoms with Gasteiger partial charge in [-0.15, -0.1) is 0 Å². The Balaban J connectivity index is 2.46. The minimum Gasteiger partial charge on any atom is -0.460 e. The van der Waals surface area contributed by atoms with Crippen molar-refractivity contribution in [3.8, 4) is 0 Å². The molecule has 0 aliphatic heterocycles. The Morgan fingerprint density at radius 1 is 1.20 bits per heavy atom. The zero-order valence-electron chi connectivity index (χ0n) is 11.6. The molecule has 6 heteroatoms. The van der Waals surface area contributed by atoms with Crippen LogP contribution in [-0.2, 0) is 14.3 Å². The van der Waals surface area contributed by atoms with Crippen LogP contribution in [0.5, 0.6) is 0 Å². The second kappa shape index (κ2) is 6.45. The van der Waals surface area contributed by atoms with Crippen molar-refractivity contribution in [3.05, 3.63) is 29.8 Å². The molecule has 0 bridgehead atoms. The van der Waals surface area contributed by atoms with Crippen molar-refractivity contribution in [2.24, 2.45) is 0 Å². The van der Waals surface area contributed by atoms with Gasteiger partial charge in [0.15, 0.2) is 0 Å². The number of halogens is 2. The molecule has 1 N–H and O–H groups in total. The number of ether oxygens (including phenoxy) is 1. The van der Waals surface area contributed by atoms with E-state index in [9.17, 15) is 18.4 Å². The van der Waals surface area contributed by atoms with Gasteiger partial charge in [0.25, 0.3) is 0 Å². The molecule has 0 aromatic heterocycles. The number of hydrogen-bond acceptors (Lipinski definition) is 3. The lowest BCUT2D eigenvalue weighted by molar-refractivity contribution is -0.155. The van der Waals surface area contributed by atoms with E-state index < -0.39 is 29.1 Å². The molecule has 0 heterocycles. The summed E-state index contributed by atoms with van der Waals surface area (Å²) in [5.41, 5.74) is -0.739. The third-order valence-corrected chi connectivity index (χ3v) is 2.18. The molecule has 0 aliphatic rings. The van der Waals surface area contributed by atoms with Crippen molar-refractivity contribution in [1.82, 2.24) is 0 Å². The lowest BCUT2D eigenvalue weighted by atomic mass is 10.2. The maximum atomic E-state index is 13.3. The van der Waals surface area contributed by atoms with Crippen LogP contribution in [0, 0.1) is 11.6 Å². The van der Waals surface area contributed by atoms with E-state index in [2.05, 4.69) is 5.32 Å². The van der Waals surface area contributed by atoms with Gasteiger partial charge in [-0.05, 0) is 32.9 Å². The number of anilines is 1. The Hall–Kier alpha value is -1.98. The van der Waals surface area contributed by atoms with E-state index in [0.29, 0.717) is 6.07 Å². The fourth-order valence-electron chi connectivity index (χ4n) is 1.41. The van der Waals surface area contributed by atoms with Gasteiger partial charge >= 0.3 is 5.97 Å². The molecule has 20 heavy (non-hydrogen) atoms. The zero-order valence-corrected chi connectivity index (χ0v) is 11.6. The number of carbonyl (C=O) groups excluding carboxylic acids is 2. The van der Waals surface area contributed by atoms with Gasteiger partial charge in [0.1, 0.15) is 17.2 Å². The molecule has 4 nitrogen and oxygen atoms in total. The molecule has 0 spiro atoms. The molecule has 0 unspecified atom stereocenters. The average molecular weight is 285 g/mol. The summed E-state index contributed by atoms with van der Waals surface area (Å²) in [6, 6.07) is 2.83. The van der Waals surface area contributed by atoms with Crippen molar-refractivity contribution in [2.75, 3.05) is 5.32 Å². The van der Waals surface area contributed by atoms with Crippen LogP contribution in [0.15, 0.2) is 18.2 Å². The second-order valence-corrected chi connectivity index (χ2v) is 5.26. The molecule has 0 atom stereocenters. The van der Waals surface area contributed by atoms with Crippen molar-refractivity contribution in [3.63, 3.8) is 0 Å². The van der Waals surface area contributed by atoms with E-state index in [-0.39, 0.29) is 18.5 Å². The quantitative estimate of drug-likeness (QED) is 0.865. The molecule has 1 rings (SSSR count). The smallest absolute Gasteiger partial charge is 0.306 e. The van der Waals surface area contributed by atoms with Crippen LogP contribution in [0.25, 0.3) is 0 Å². The molecule has 0 radical (unpaired) electrons. The van der Waals surface area contributed by atoms with Gasteiger partial charge in [-0.25, -0.2) is 8.78 Å². The Morgan fingerprint density at radius 2 is 1.85 bits per heavy atom. The Kier molecular flexibility index (Phi) is 5.19. The molecule has 1 aromatic carbocycles. The fraction of sp³-hybridized carbons (Fsp3) is 0.429. The first-order valence-electron chi connectivity index (χ1n) is 6.14. The van der Waals surface area contributed by atoms with Gasteiger partial charge in [-0.3, -0.25) is 9.59 Å². The highest BCUT2D eigenvalue weighted by Gasteiger charge is 2.17. The van der Waals surface area contributed by atoms with Crippen molar-refractivity contribution in [2.45, 2.75) is 39.2 Å². The number of benzene rings is 1. The van der Waals surface area contributed by atoms with E-state index in [1.54, 1.807) is 20.8 Å². The molecule has 1 amide bonds. The van der Waals surface area contributed by atoms with E-state index in [1.165, 1.54) is 0 Å². The maximum absolute atomic E-state index is 13.3. The SMILES string of the molecule is CC(C)(C)OC(=O)CCC(=O)Nc1ccc(F)cc1F. The van der Waals surface area contributed by atoms with E-state index in [4.69, 9.17) is 4.74 Å². The van der Waals surface area contributed by atoms with Crippen LogP contribution < -0.4 is 5.32 Å². The first-order valence-corrected chi connectivity index (χ1v) is 6.14. The Labute approximate surface area is 116 Å². The standard InChI is InChI=1S/C14H17F2NO3/c1-14(2,3)20-13(19)7-6-12(18)17-11-5-4-9(15)8-10(11)16/h4-5,8H,6-7H2,1-3H3,(H,17,18). The Bertz CT molecular complexity index is 510. The van der Waals surface area contributed by atoms with Gasteiger partial charge in [0.05, 0.1) is 12.1 Å². The minimum absolute atomic E-state index is 0.105. The molecular formula is C14H17F2NO3. The van der Waals surface area contributed by atoms with Gasteiger partial charge in [-0.1, -0.05) is 0 Å². The lowest BCUT2D eigenvalue weighted by Gasteiger charge is -2.19. The van der Waals surface area contributed by atoms with Crippen LogP contribution >= 0.6 is 0 Å². The summed E-state index contributed by atoms with van der Waals surface area (Å²) in [4.78, 5) is 22.9. The average Bonchev–Trinajstić information content (AvgIpc) is 2.28. The van der Waals surface area contributed by atoms with Gasteiger partial charge in [-0.2, -0.15) is 0 Å². The van der Waals surface area contributed by atoms with Crippen LogP contribution in [0.1, 0.15) is 33.6 Å². The van der Waals surface area contributed by atoms with Crippen LogP contribution in [-0.4, -0.2) is 17.5 Å². The monoisotopic (exact) mass is 285 g/mol. The van der Waals surface area contributed by atoms with Crippen molar-refractivity contribution < 1.29 is 23.1 Å². The third kappa shape index (κ3) is 5.77. The predicted octanol–water partition coefficient (Wildman–Crippen LogP) is 3.03. The highest BCUT2D eigenvalue weighted by atomic mass is 19.1. The largest absolute Gasteiger partial charge is 0.460 e. The summed E-state index contributed by atoms with van der Waals surface area (Å²) in [6.45, 7) is 5.16. The fourth-order valence-corrected chi connectivity index (χ4v) is 1.41. The number of nitrogens with one attached hydrogen (secondary N) is 1. The first kappa shape index (κ1) is 16.1. The summed E-state index contributed by atoms with van der Waals surface area (Å²) < 4.78 is 31.0. The molecular weight excluding hydrogens is 268 g/mol. The maximum Gasteiger partial charge on any atom is 0.306 e. The third-order valence-electron chi connectivity index (χ3n) is 2.18. The molecule has 1 aromatic rings. The number of rotatable bonds is 4. The summed E-state index contributed by atoms with van der Waals surface area (Å²) in [6.07, 6.45) is -0.238. The second-order valence-electron chi connectivity index (χ2n) is 5.26. The summed E-state index contributed by atoms with van der Waals surface area (Å²) >= 11 is 0. The molecule has 0 aliphatic carbocycles. The van der Waals surface area contributed by atoms with E-state index >= 15 is 0 Å². The van der Waals surface area contributed by atoms with Gasteiger partial charge < -0.3 is 10.1 Å². The lowest BCUT2D eigenvalue weighted by Crippen LogP contribution is -2.24. The first-order chi connectivity index (χ1) is 9.17. The zero-order chi connectivity index (χ0) is 15.3. The van der Waals surface area contributed by atoms with Gasteiger partial charge in [0.2, 0.25) is 5.91 Å². The normalized spacial score (nSPS) is 11.1. The summed E-state index contributed by atoms with van der Waals surface area (Å²) in [7, 11) is 0. The van der Waals surface area contributed by atoms with Crippen LogP contribution in [0.4, 0.5) is 14.5 Å². The van der Waals surface area contributed by atoms with Crippen LogP contribution in [0.3, 0.4) is 0 Å². The molecule has 0 saturated heterocycles. The summed E-state index contributed by atoms with van der Waals surface area (Å²) in [5, 5.41) is 2.27. The van der Waals surface area contributed by atoms with Crippen LogP contribution in [0.2, 0.25) is 0 Å². The number of hydrogen-bond donors (Lipinski definition) is 1. The summed E-state index contributed by atoms with van der Waals surface area (Å²) in [5.74, 6) is -2.64. The number of esters is 1. The molecule has 0 fully saturated rings. The number of carbonyl (C=O) groups is 2. The number of amides is 1. The van der Waals surface area contributed by atoms with Gasteiger partial charge in [0, 0.05) is 12.5 Å². The van der Waals surface area contributed by atoms with Crippen molar-refractivity contribution in [1.29, 1.82) is 0 Å². The highest BCUT2D eigenvalue weighted by molar-refractivity contribution is 5.92. The van der Waals surface area contributed by atoms with Crippen molar-refractivity contribution >= 4 is 17.6 Å². The Morgan fingerprint density at radius 3 is 2.40 bits per heavy atom. The molecule has 110 valence electrons. The van der Waals surface area contributed by atoms with E-state index in [1.807, 2.05) is 0 Å². The van der Waals surface area contributed by atoms with E-state index in [0.717, 1.165) is 12.1 Å².